The number of anilines is 1. The average molecular weight is 218 g/mol. The van der Waals surface area contributed by atoms with Crippen molar-refractivity contribution in [2.24, 2.45) is 5.73 Å². The van der Waals surface area contributed by atoms with Gasteiger partial charge in [-0.2, -0.15) is 5.10 Å². The fraction of sp³-hybridized carbons (Fsp3) is 0.667. The predicted octanol–water partition coefficient (Wildman–Crippen LogP) is 0.893. The third-order valence-corrected chi connectivity index (χ3v) is 3.67. The number of piperidine rings is 1. The van der Waals surface area contributed by atoms with Crippen LogP contribution in [0.3, 0.4) is 0 Å². The van der Waals surface area contributed by atoms with Gasteiger partial charge in [-0.25, -0.2) is 0 Å². The van der Waals surface area contributed by atoms with E-state index in [1.807, 2.05) is 0 Å². The Morgan fingerprint density at radius 1 is 1.19 bits per heavy atom. The standard InChI is InChI=1S/C12H18N4/c13-10-4-6-16(7-5-10)12-8-9-2-1-3-11(9)14-15-12/h8,10H,1-7,13H2. The second-order valence-corrected chi connectivity index (χ2v) is 4.85. The van der Waals surface area contributed by atoms with Crippen molar-refractivity contribution in [2.75, 3.05) is 18.0 Å². The van der Waals surface area contributed by atoms with Crippen molar-refractivity contribution >= 4 is 5.82 Å². The van der Waals surface area contributed by atoms with Gasteiger partial charge in [0.15, 0.2) is 5.82 Å². The topological polar surface area (TPSA) is 55.0 Å². The highest BCUT2D eigenvalue weighted by atomic mass is 15.3. The fourth-order valence-electron chi connectivity index (χ4n) is 2.60. The molecule has 4 heteroatoms. The maximum Gasteiger partial charge on any atom is 0.151 e. The molecule has 1 saturated heterocycles. The smallest absolute Gasteiger partial charge is 0.151 e. The van der Waals surface area contributed by atoms with Crippen LogP contribution in [0.5, 0.6) is 0 Å². The second-order valence-electron chi connectivity index (χ2n) is 4.85. The van der Waals surface area contributed by atoms with Crippen LogP contribution in [0.4, 0.5) is 5.82 Å². The lowest BCUT2D eigenvalue weighted by Gasteiger charge is -2.30. The summed E-state index contributed by atoms with van der Waals surface area (Å²) >= 11 is 0. The lowest BCUT2D eigenvalue weighted by Crippen LogP contribution is -2.40. The molecule has 1 aliphatic carbocycles. The quantitative estimate of drug-likeness (QED) is 0.760. The molecule has 16 heavy (non-hydrogen) atoms. The van der Waals surface area contributed by atoms with Crippen molar-refractivity contribution in [1.29, 1.82) is 0 Å². The van der Waals surface area contributed by atoms with Gasteiger partial charge < -0.3 is 10.6 Å². The lowest BCUT2D eigenvalue weighted by atomic mass is 10.1. The molecular weight excluding hydrogens is 200 g/mol. The van der Waals surface area contributed by atoms with E-state index >= 15 is 0 Å². The zero-order chi connectivity index (χ0) is 11.0. The van der Waals surface area contributed by atoms with Crippen molar-refractivity contribution in [3.8, 4) is 0 Å². The second kappa shape index (κ2) is 4.01. The Balaban J connectivity index is 1.79. The third kappa shape index (κ3) is 1.78. The Bertz CT molecular complexity index is 383. The first-order chi connectivity index (χ1) is 7.83. The van der Waals surface area contributed by atoms with Crippen LogP contribution in [-0.2, 0) is 12.8 Å². The van der Waals surface area contributed by atoms with Crippen LogP contribution in [-0.4, -0.2) is 29.3 Å². The highest BCUT2D eigenvalue weighted by Crippen LogP contribution is 2.24. The van der Waals surface area contributed by atoms with Crippen molar-refractivity contribution in [3.05, 3.63) is 17.3 Å². The van der Waals surface area contributed by atoms with Gasteiger partial charge in [-0.3, -0.25) is 0 Å². The monoisotopic (exact) mass is 218 g/mol. The van der Waals surface area contributed by atoms with Gasteiger partial charge in [-0.15, -0.1) is 5.10 Å². The Labute approximate surface area is 95.8 Å². The van der Waals surface area contributed by atoms with E-state index in [1.54, 1.807) is 0 Å². The van der Waals surface area contributed by atoms with Crippen LogP contribution in [0.1, 0.15) is 30.5 Å². The number of aryl methyl sites for hydroxylation is 2. The molecule has 2 N–H and O–H groups in total. The molecule has 3 rings (SSSR count). The van der Waals surface area contributed by atoms with E-state index < -0.39 is 0 Å². The minimum Gasteiger partial charge on any atom is -0.355 e. The van der Waals surface area contributed by atoms with Gasteiger partial charge in [0.25, 0.3) is 0 Å². The largest absolute Gasteiger partial charge is 0.355 e. The number of aromatic nitrogens is 2. The van der Waals surface area contributed by atoms with E-state index in [9.17, 15) is 0 Å². The highest BCUT2D eigenvalue weighted by Gasteiger charge is 2.20. The molecule has 0 unspecified atom stereocenters. The van der Waals surface area contributed by atoms with Gasteiger partial charge >= 0.3 is 0 Å². The molecule has 0 saturated carbocycles. The normalized spacial score (nSPS) is 21.2. The molecule has 1 fully saturated rings. The number of hydrogen-bond donors (Lipinski definition) is 1. The van der Waals surface area contributed by atoms with E-state index in [0.717, 1.165) is 38.2 Å². The Kier molecular flexibility index (Phi) is 2.52. The molecule has 2 aliphatic rings. The van der Waals surface area contributed by atoms with Crippen LogP contribution < -0.4 is 10.6 Å². The van der Waals surface area contributed by atoms with E-state index in [4.69, 9.17) is 5.73 Å². The van der Waals surface area contributed by atoms with Crippen LogP contribution in [0.15, 0.2) is 6.07 Å². The van der Waals surface area contributed by atoms with E-state index in [1.165, 1.54) is 24.1 Å². The summed E-state index contributed by atoms with van der Waals surface area (Å²) in [4.78, 5) is 2.31. The molecule has 86 valence electrons. The van der Waals surface area contributed by atoms with Crippen LogP contribution in [0.2, 0.25) is 0 Å². The number of nitrogens with two attached hydrogens (primary N) is 1. The molecule has 0 atom stereocenters. The molecule has 0 radical (unpaired) electrons. The van der Waals surface area contributed by atoms with Gasteiger partial charge in [0.1, 0.15) is 0 Å². The van der Waals surface area contributed by atoms with Gasteiger partial charge in [-0.1, -0.05) is 0 Å². The SMILES string of the molecule is NC1CCN(c2cc3c(nn2)CCC3)CC1. The molecule has 1 aromatic rings. The summed E-state index contributed by atoms with van der Waals surface area (Å²) in [6.45, 7) is 2.04. The predicted molar refractivity (Wildman–Crippen MR) is 63.5 cm³/mol. The summed E-state index contributed by atoms with van der Waals surface area (Å²) in [5.41, 5.74) is 8.51. The molecular formula is C12H18N4. The average Bonchev–Trinajstić information content (AvgIpc) is 2.77. The maximum atomic E-state index is 5.90. The number of nitrogens with zero attached hydrogens (tertiary/aromatic N) is 3. The molecule has 1 aromatic heterocycles. The van der Waals surface area contributed by atoms with Gasteiger partial charge in [0, 0.05) is 19.1 Å². The van der Waals surface area contributed by atoms with Crippen LogP contribution in [0, 0.1) is 0 Å². The number of fused-ring (bicyclic) bond motifs is 1. The summed E-state index contributed by atoms with van der Waals surface area (Å²) in [5.74, 6) is 1.05. The van der Waals surface area contributed by atoms with Gasteiger partial charge in [0.2, 0.25) is 0 Å². The molecule has 0 bridgehead atoms. The van der Waals surface area contributed by atoms with Crippen molar-refractivity contribution in [1.82, 2.24) is 10.2 Å². The van der Waals surface area contributed by atoms with Crippen LogP contribution in [0.25, 0.3) is 0 Å². The van der Waals surface area contributed by atoms with Crippen LogP contribution >= 0.6 is 0 Å². The minimum atomic E-state index is 0.374. The van der Waals surface area contributed by atoms with Crippen molar-refractivity contribution in [3.63, 3.8) is 0 Å². The molecule has 1 aliphatic heterocycles. The number of hydrogen-bond acceptors (Lipinski definition) is 4. The summed E-state index contributed by atoms with van der Waals surface area (Å²) in [7, 11) is 0. The van der Waals surface area contributed by atoms with Crippen molar-refractivity contribution in [2.45, 2.75) is 38.1 Å². The summed E-state index contributed by atoms with van der Waals surface area (Å²) in [5, 5.41) is 8.66. The molecule has 2 heterocycles. The first kappa shape index (κ1) is 10.0. The molecule has 0 aromatic carbocycles. The lowest BCUT2D eigenvalue weighted by molar-refractivity contribution is 0.497. The zero-order valence-corrected chi connectivity index (χ0v) is 9.52. The summed E-state index contributed by atoms with van der Waals surface area (Å²) in [6.07, 6.45) is 5.65. The van der Waals surface area contributed by atoms with Crippen molar-refractivity contribution < 1.29 is 0 Å². The zero-order valence-electron chi connectivity index (χ0n) is 9.52. The van der Waals surface area contributed by atoms with Gasteiger partial charge in [-0.05, 0) is 43.7 Å². The minimum absolute atomic E-state index is 0.374. The molecule has 4 nitrogen and oxygen atoms in total. The fourth-order valence-corrected chi connectivity index (χ4v) is 2.60. The Morgan fingerprint density at radius 3 is 2.81 bits per heavy atom. The maximum absolute atomic E-state index is 5.90. The summed E-state index contributed by atoms with van der Waals surface area (Å²) in [6, 6.07) is 2.60. The Hall–Kier alpha value is -1.16. The number of rotatable bonds is 1. The summed E-state index contributed by atoms with van der Waals surface area (Å²) < 4.78 is 0. The third-order valence-electron chi connectivity index (χ3n) is 3.67. The molecule has 0 amide bonds. The molecule has 0 spiro atoms. The van der Waals surface area contributed by atoms with E-state index in [0.29, 0.717) is 6.04 Å². The van der Waals surface area contributed by atoms with E-state index in [2.05, 4.69) is 21.2 Å². The first-order valence-corrected chi connectivity index (χ1v) is 6.19. The highest BCUT2D eigenvalue weighted by molar-refractivity contribution is 5.43. The van der Waals surface area contributed by atoms with Gasteiger partial charge in [0.05, 0.1) is 5.69 Å². The Morgan fingerprint density at radius 2 is 2.00 bits per heavy atom. The van der Waals surface area contributed by atoms with E-state index in [-0.39, 0.29) is 0 Å². The first-order valence-electron chi connectivity index (χ1n) is 6.19.